The van der Waals surface area contributed by atoms with Crippen LogP contribution in [0.15, 0.2) is 66.7 Å². The minimum atomic E-state index is -1.02. The number of rotatable bonds is 4. The van der Waals surface area contributed by atoms with Crippen LogP contribution in [0, 0.1) is 0 Å². The van der Waals surface area contributed by atoms with E-state index in [9.17, 15) is 14.4 Å². The van der Waals surface area contributed by atoms with Crippen LogP contribution < -0.4 is 16.1 Å². The summed E-state index contributed by atoms with van der Waals surface area (Å²) in [5, 5.41) is 6.99. The van der Waals surface area contributed by atoms with E-state index in [1.165, 1.54) is 22.9 Å². The molecule has 4 rings (SSSR count). The van der Waals surface area contributed by atoms with Gasteiger partial charge in [0.15, 0.2) is 0 Å². The molecule has 0 aliphatic heterocycles. The van der Waals surface area contributed by atoms with Crippen LogP contribution >= 0.6 is 46.4 Å². The average molecular weight is 536 g/mol. The summed E-state index contributed by atoms with van der Waals surface area (Å²) in [6.45, 7) is 0. The molecular formula is C23H14Cl4N4O3. The van der Waals surface area contributed by atoms with E-state index in [1.807, 2.05) is 0 Å². The van der Waals surface area contributed by atoms with E-state index in [-0.39, 0.29) is 21.4 Å². The number of hydrogen-bond donors (Lipinski definition) is 3. The fourth-order valence-electron chi connectivity index (χ4n) is 3.14. The summed E-state index contributed by atoms with van der Waals surface area (Å²) in [5.41, 5.74) is 3.60. The molecule has 0 spiro atoms. The first-order valence-corrected chi connectivity index (χ1v) is 11.2. The number of anilines is 2. The van der Waals surface area contributed by atoms with Crippen molar-refractivity contribution >= 4 is 86.4 Å². The predicted octanol–water partition coefficient (Wildman–Crippen LogP) is 6.22. The standard InChI is InChI=1S/C23H14Cl4N4O3/c24-13-5-8-19-12(9-13)10-20(21(32)28-14-6-7-15(25)17(27)11-14)31(19)30-23(34)22(33)29-18-4-2-1-3-16(18)26/h1-11H,(H,28,32)(H,29,33)(H,30,34). The zero-order chi connectivity index (χ0) is 24.4. The second-order valence-corrected chi connectivity index (χ2v) is 8.68. The summed E-state index contributed by atoms with van der Waals surface area (Å²) in [5.74, 6) is -2.56. The van der Waals surface area contributed by atoms with Crippen LogP contribution in [0.1, 0.15) is 10.5 Å². The maximum absolute atomic E-state index is 13.1. The summed E-state index contributed by atoms with van der Waals surface area (Å²) in [6, 6.07) is 17.4. The predicted molar refractivity (Wildman–Crippen MR) is 136 cm³/mol. The quantitative estimate of drug-likeness (QED) is 0.271. The van der Waals surface area contributed by atoms with Crippen molar-refractivity contribution in [2.45, 2.75) is 0 Å². The Morgan fingerprint density at radius 2 is 1.47 bits per heavy atom. The van der Waals surface area contributed by atoms with Crippen LogP contribution in [0.5, 0.6) is 0 Å². The van der Waals surface area contributed by atoms with Gasteiger partial charge in [0.1, 0.15) is 5.69 Å². The fourth-order valence-corrected chi connectivity index (χ4v) is 3.80. The van der Waals surface area contributed by atoms with Gasteiger partial charge >= 0.3 is 11.8 Å². The van der Waals surface area contributed by atoms with E-state index in [2.05, 4.69) is 16.1 Å². The normalized spacial score (nSPS) is 10.7. The number of benzene rings is 3. The lowest BCUT2D eigenvalue weighted by Crippen LogP contribution is -2.36. The number of para-hydroxylation sites is 1. The minimum absolute atomic E-state index is 0.0437. The second-order valence-electron chi connectivity index (χ2n) is 7.03. The first-order chi connectivity index (χ1) is 16.2. The summed E-state index contributed by atoms with van der Waals surface area (Å²) in [4.78, 5) is 38.2. The molecule has 0 saturated carbocycles. The van der Waals surface area contributed by atoms with Crippen LogP contribution in [0.2, 0.25) is 20.1 Å². The summed E-state index contributed by atoms with van der Waals surface area (Å²) < 4.78 is 1.20. The van der Waals surface area contributed by atoms with Crippen molar-refractivity contribution in [1.29, 1.82) is 0 Å². The van der Waals surface area contributed by atoms with Crippen LogP contribution in [0.25, 0.3) is 10.9 Å². The molecule has 0 unspecified atom stereocenters. The zero-order valence-corrected chi connectivity index (χ0v) is 20.1. The van der Waals surface area contributed by atoms with Gasteiger partial charge in [-0.25, -0.2) is 4.68 Å². The van der Waals surface area contributed by atoms with Crippen molar-refractivity contribution in [3.63, 3.8) is 0 Å². The van der Waals surface area contributed by atoms with E-state index in [1.54, 1.807) is 48.5 Å². The van der Waals surface area contributed by atoms with E-state index in [0.717, 1.165) is 0 Å². The molecule has 0 radical (unpaired) electrons. The van der Waals surface area contributed by atoms with Crippen LogP contribution in [-0.4, -0.2) is 22.4 Å². The Morgan fingerprint density at radius 3 is 2.21 bits per heavy atom. The first kappa shape index (κ1) is 23.9. The number of nitrogens with one attached hydrogen (secondary N) is 3. The molecule has 0 bridgehead atoms. The topological polar surface area (TPSA) is 92.2 Å². The molecule has 0 aliphatic rings. The Morgan fingerprint density at radius 1 is 0.706 bits per heavy atom. The Bertz CT molecular complexity index is 1450. The lowest BCUT2D eigenvalue weighted by molar-refractivity contribution is -0.133. The SMILES string of the molecule is O=C(Nc1ccccc1Cl)C(=O)Nn1c(C(=O)Nc2ccc(Cl)c(Cl)c2)cc2cc(Cl)ccc21. The number of halogens is 4. The number of aromatic nitrogens is 1. The van der Waals surface area contributed by atoms with E-state index in [0.29, 0.717) is 26.6 Å². The fraction of sp³-hybridized carbons (Fsp3) is 0. The molecule has 7 nitrogen and oxygen atoms in total. The van der Waals surface area contributed by atoms with Crippen molar-refractivity contribution in [2.24, 2.45) is 0 Å². The van der Waals surface area contributed by atoms with Gasteiger partial charge in [-0.2, -0.15) is 0 Å². The molecule has 0 aliphatic carbocycles. The third kappa shape index (κ3) is 5.13. The summed E-state index contributed by atoms with van der Waals surface area (Å²) in [6.07, 6.45) is 0. The lowest BCUT2D eigenvalue weighted by atomic mass is 10.2. The summed E-state index contributed by atoms with van der Waals surface area (Å²) >= 11 is 24.1. The second kappa shape index (κ2) is 9.95. The Hall–Kier alpha value is -3.23. The van der Waals surface area contributed by atoms with Crippen molar-refractivity contribution in [2.75, 3.05) is 16.1 Å². The highest BCUT2D eigenvalue weighted by molar-refractivity contribution is 6.44. The molecule has 0 fully saturated rings. The Kier molecular flexibility index (Phi) is 7.00. The highest BCUT2D eigenvalue weighted by Gasteiger charge is 2.22. The molecule has 11 heteroatoms. The molecule has 172 valence electrons. The van der Waals surface area contributed by atoms with E-state index >= 15 is 0 Å². The monoisotopic (exact) mass is 534 g/mol. The third-order valence-electron chi connectivity index (χ3n) is 4.72. The highest BCUT2D eigenvalue weighted by Crippen LogP contribution is 2.27. The molecule has 0 saturated heterocycles. The summed E-state index contributed by atoms with van der Waals surface area (Å²) in [7, 11) is 0. The van der Waals surface area contributed by atoms with Crippen molar-refractivity contribution < 1.29 is 14.4 Å². The van der Waals surface area contributed by atoms with Gasteiger partial charge in [0.2, 0.25) is 0 Å². The molecule has 0 atom stereocenters. The lowest BCUT2D eigenvalue weighted by Gasteiger charge is -2.13. The molecule has 34 heavy (non-hydrogen) atoms. The minimum Gasteiger partial charge on any atom is -0.321 e. The highest BCUT2D eigenvalue weighted by atomic mass is 35.5. The molecule has 3 N–H and O–H groups in total. The number of hydrogen-bond acceptors (Lipinski definition) is 3. The maximum Gasteiger partial charge on any atom is 0.328 e. The largest absolute Gasteiger partial charge is 0.328 e. The van der Waals surface area contributed by atoms with Crippen LogP contribution in [0.4, 0.5) is 11.4 Å². The molecule has 3 amide bonds. The molecule has 1 heterocycles. The van der Waals surface area contributed by atoms with Crippen LogP contribution in [0.3, 0.4) is 0 Å². The smallest absolute Gasteiger partial charge is 0.321 e. The molecule has 1 aromatic heterocycles. The van der Waals surface area contributed by atoms with Gasteiger partial charge in [0.25, 0.3) is 5.91 Å². The molecular weight excluding hydrogens is 522 g/mol. The van der Waals surface area contributed by atoms with Crippen molar-refractivity contribution in [3.05, 3.63) is 92.5 Å². The first-order valence-electron chi connectivity index (χ1n) is 9.67. The Balaban J connectivity index is 1.64. The Labute approximate surface area is 213 Å². The van der Waals surface area contributed by atoms with Gasteiger partial charge in [0, 0.05) is 16.1 Å². The number of carbonyl (C=O) groups is 3. The van der Waals surface area contributed by atoms with E-state index in [4.69, 9.17) is 46.4 Å². The number of amides is 3. The zero-order valence-electron chi connectivity index (χ0n) is 17.0. The molecule has 4 aromatic rings. The number of carbonyl (C=O) groups excluding carboxylic acids is 3. The third-order valence-corrected chi connectivity index (χ3v) is 6.02. The molecule has 3 aromatic carbocycles. The van der Waals surface area contributed by atoms with Gasteiger partial charge in [-0.05, 0) is 54.6 Å². The van der Waals surface area contributed by atoms with Gasteiger partial charge < -0.3 is 10.6 Å². The van der Waals surface area contributed by atoms with E-state index < -0.39 is 17.7 Å². The van der Waals surface area contributed by atoms with Crippen molar-refractivity contribution in [3.8, 4) is 0 Å². The maximum atomic E-state index is 13.1. The van der Waals surface area contributed by atoms with Crippen LogP contribution in [-0.2, 0) is 9.59 Å². The number of nitrogens with zero attached hydrogens (tertiary/aromatic N) is 1. The van der Waals surface area contributed by atoms with Gasteiger partial charge in [-0.3, -0.25) is 19.8 Å². The average Bonchev–Trinajstić information content (AvgIpc) is 3.15. The van der Waals surface area contributed by atoms with Gasteiger partial charge in [-0.15, -0.1) is 0 Å². The van der Waals surface area contributed by atoms with Gasteiger partial charge in [0.05, 0.1) is 26.3 Å². The number of fused-ring (bicyclic) bond motifs is 1. The van der Waals surface area contributed by atoms with Crippen molar-refractivity contribution in [1.82, 2.24) is 4.68 Å². The van der Waals surface area contributed by atoms with Gasteiger partial charge in [-0.1, -0.05) is 58.5 Å².